The molecule has 0 aliphatic heterocycles. The van der Waals surface area contributed by atoms with E-state index in [-0.39, 0.29) is 11.3 Å². The second-order valence-corrected chi connectivity index (χ2v) is 6.52. The molecule has 1 aromatic heterocycles. The molecular weight excluding hydrogens is 334 g/mol. The van der Waals surface area contributed by atoms with Crippen molar-refractivity contribution < 1.29 is 9.59 Å². The van der Waals surface area contributed by atoms with E-state index in [0.29, 0.717) is 23.5 Å². The van der Waals surface area contributed by atoms with Crippen LogP contribution in [0.1, 0.15) is 21.5 Å². The Morgan fingerprint density at radius 2 is 1.64 bits per heavy atom. The SMILES string of the molecule is NC(=O)c1c(-c2cccc(CC(=O)Cc3ccccc3)c2)nsc1N. The van der Waals surface area contributed by atoms with E-state index >= 15 is 0 Å². The number of anilines is 1. The fourth-order valence-electron chi connectivity index (χ4n) is 2.68. The van der Waals surface area contributed by atoms with Gasteiger partial charge < -0.3 is 11.5 Å². The summed E-state index contributed by atoms with van der Waals surface area (Å²) in [6, 6.07) is 17.0. The lowest BCUT2D eigenvalue weighted by molar-refractivity contribution is -0.117. The molecule has 0 radical (unpaired) electrons. The summed E-state index contributed by atoms with van der Waals surface area (Å²) in [7, 11) is 0. The Labute approximate surface area is 149 Å². The number of Topliss-reactive ketones (excluding diaryl/α,β-unsaturated/α-hetero) is 1. The van der Waals surface area contributed by atoms with E-state index in [1.807, 2.05) is 54.6 Å². The lowest BCUT2D eigenvalue weighted by atomic mass is 9.99. The minimum absolute atomic E-state index is 0.122. The van der Waals surface area contributed by atoms with Gasteiger partial charge in [0.1, 0.15) is 16.3 Å². The number of ketones is 1. The predicted molar refractivity (Wildman–Crippen MR) is 99.3 cm³/mol. The van der Waals surface area contributed by atoms with Crippen LogP contribution >= 0.6 is 11.5 Å². The van der Waals surface area contributed by atoms with E-state index in [4.69, 9.17) is 11.5 Å². The molecular formula is C19H17N3O2S. The van der Waals surface area contributed by atoms with E-state index in [1.165, 1.54) is 0 Å². The van der Waals surface area contributed by atoms with Crippen LogP contribution in [0.2, 0.25) is 0 Å². The molecule has 5 nitrogen and oxygen atoms in total. The van der Waals surface area contributed by atoms with Gasteiger partial charge in [-0.3, -0.25) is 9.59 Å². The first kappa shape index (κ1) is 16.9. The van der Waals surface area contributed by atoms with Crippen molar-refractivity contribution in [3.8, 4) is 11.3 Å². The summed E-state index contributed by atoms with van der Waals surface area (Å²) in [6.07, 6.45) is 0.704. The van der Waals surface area contributed by atoms with Gasteiger partial charge in [0.25, 0.3) is 5.91 Å². The van der Waals surface area contributed by atoms with Crippen molar-refractivity contribution in [2.45, 2.75) is 12.8 Å². The van der Waals surface area contributed by atoms with Crippen molar-refractivity contribution in [3.63, 3.8) is 0 Å². The largest absolute Gasteiger partial charge is 0.389 e. The molecule has 0 bridgehead atoms. The number of rotatable bonds is 6. The first-order valence-corrected chi connectivity index (χ1v) is 8.52. The van der Waals surface area contributed by atoms with E-state index in [2.05, 4.69) is 4.37 Å². The third-order valence-electron chi connectivity index (χ3n) is 3.81. The molecule has 0 saturated carbocycles. The van der Waals surface area contributed by atoms with Crippen LogP contribution < -0.4 is 11.5 Å². The van der Waals surface area contributed by atoms with Crippen molar-refractivity contribution >= 4 is 28.2 Å². The molecule has 0 aliphatic rings. The summed E-state index contributed by atoms with van der Waals surface area (Å²) in [6.45, 7) is 0. The molecule has 3 rings (SSSR count). The Balaban J connectivity index is 1.80. The zero-order valence-corrected chi connectivity index (χ0v) is 14.3. The third-order valence-corrected chi connectivity index (χ3v) is 4.49. The van der Waals surface area contributed by atoms with E-state index in [0.717, 1.165) is 28.2 Å². The van der Waals surface area contributed by atoms with Crippen molar-refractivity contribution in [2.24, 2.45) is 5.73 Å². The molecule has 2 aromatic carbocycles. The molecule has 1 heterocycles. The summed E-state index contributed by atoms with van der Waals surface area (Å²) in [5, 5.41) is 0.299. The van der Waals surface area contributed by atoms with Crippen LogP contribution in [0.5, 0.6) is 0 Å². The number of primary amides is 1. The van der Waals surface area contributed by atoms with Gasteiger partial charge in [0.2, 0.25) is 0 Å². The zero-order chi connectivity index (χ0) is 17.8. The fourth-order valence-corrected chi connectivity index (χ4v) is 3.36. The maximum atomic E-state index is 12.3. The Bertz CT molecular complexity index is 919. The number of aromatic nitrogens is 1. The van der Waals surface area contributed by atoms with Crippen molar-refractivity contribution in [3.05, 3.63) is 71.3 Å². The molecule has 1 amide bonds. The third kappa shape index (κ3) is 3.92. The maximum absolute atomic E-state index is 12.3. The van der Waals surface area contributed by atoms with Crippen LogP contribution in [0.3, 0.4) is 0 Å². The minimum atomic E-state index is -0.605. The van der Waals surface area contributed by atoms with Crippen LogP contribution in [-0.4, -0.2) is 16.1 Å². The average molecular weight is 351 g/mol. The van der Waals surface area contributed by atoms with Gasteiger partial charge in [0.05, 0.1) is 5.69 Å². The lowest BCUT2D eigenvalue weighted by Crippen LogP contribution is -2.13. The van der Waals surface area contributed by atoms with Gasteiger partial charge in [0, 0.05) is 18.4 Å². The molecule has 126 valence electrons. The highest BCUT2D eigenvalue weighted by Gasteiger charge is 2.18. The molecule has 0 atom stereocenters. The number of carbonyl (C=O) groups excluding carboxylic acids is 2. The van der Waals surface area contributed by atoms with E-state index in [1.54, 1.807) is 0 Å². The predicted octanol–water partition coefficient (Wildman–Crippen LogP) is 2.85. The van der Waals surface area contributed by atoms with Gasteiger partial charge in [0.15, 0.2) is 0 Å². The van der Waals surface area contributed by atoms with Crippen molar-refractivity contribution in [1.29, 1.82) is 0 Å². The highest BCUT2D eigenvalue weighted by Crippen LogP contribution is 2.30. The molecule has 25 heavy (non-hydrogen) atoms. The average Bonchev–Trinajstić information content (AvgIpc) is 2.98. The van der Waals surface area contributed by atoms with Crippen molar-refractivity contribution in [2.75, 3.05) is 5.73 Å². The summed E-state index contributed by atoms with van der Waals surface area (Å²) < 4.78 is 4.23. The van der Waals surface area contributed by atoms with Crippen LogP contribution in [0, 0.1) is 0 Å². The van der Waals surface area contributed by atoms with Gasteiger partial charge in [-0.2, -0.15) is 4.37 Å². The zero-order valence-electron chi connectivity index (χ0n) is 13.4. The number of amides is 1. The van der Waals surface area contributed by atoms with E-state index in [9.17, 15) is 9.59 Å². The molecule has 0 aliphatic carbocycles. The second kappa shape index (κ2) is 7.27. The van der Waals surface area contributed by atoms with Gasteiger partial charge in [-0.15, -0.1) is 0 Å². The highest BCUT2D eigenvalue weighted by molar-refractivity contribution is 7.10. The number of nitrogens with two attached hydrogens (primary N) is 2. The van der Waals surface area contributed by atoms with Gasteiger partial charge >= 0.3 is 0 Å². The molecule has 3 aromatic rings. The highest BCUT2D eigenvalue weighted by atomic mass is 32.1. The molecule has 0 unspecified atom stereocenters. The molecule has 0 fully saturated rings. The smallest absolute Gasteiger partial charge is 0.253 e. The number of benzene rings is 2. The summed E-state index contributed by atoms with van der Waals surface area (Å²) in [4.78, 5) is 23.9. The maximum Gasteiger partial charge on any atom is 0.253 e. The Kier molecular flexibility index (Phi) is 4.90. The molecule has 0 spiro atoms. The minimum Gasteiger partial charge on any atom is -0.389 e. The normalized spacial score (nSPS) is 10.6. The Morgan fingerprint density at radius 1 is 0.960 bits per heavy atom. The Morgan fingerprint density at radius 3 is 2.36 bits per heavy atom. The summed E-state index contributed by atoms with van der Waals surface area (Å²) >= 11 is 1.04. The monoisotopic (exact) mass is 351 g/mol. The topological polar surface area (TPSA) is 99.1 Å². The number of hydrogen-bond acceptors (Lipinski definition) is 5. The lowest BCUT2D eigenvalue weighted by Gasteiger charge is -2.05. The van der Waals surface area contributed by atoms with Crippen LogP contribution in [0.4, 0.5) is 5.00 Å². The molecule has 6 heteroatoms. The number of nitrogens with zero attached hydrogens (tertiary/aromatic N) is 1. The second-order valence-electron chi connectivity index (χ2n) is 5.71. The first-order chi connectivity index (χ1) is 12.0. The number of hydrogen-bond donors (Lipinski definition) is 2. The van der Waals surface area contributed by atoms with Crippen LogP contribution in [0.25, 0.3) is 11.3 Å². The van der Waals surface area contributed by atoms with Gasteiger partial charge in [-0.05, 0) is 28.7 Å². The standard InChI is InChI=1S/C19H17N3O2S/c20-18(24)16-17(22-25-19(16)21)14-8-4-7-13(9-14)11-15(23)10-12-5-2-1-3-6-12/h1-9H,10-11,21H2,(H2,20,24). The first-order valence-electron chi connectivity index (χ1n) is 7.74. The van der Waals surface area contributed by atoms with E-state index < -0.39 is 5.91 Å². The molecule has 0 saturated heterocycles. The van der Waals surface area contributed by atoms with Crippen LogP contribution in [0.15, 0.2) is 54.6 Å². The summed E-state index contributed by atoms with van der Waals surface area (Å²) in [5.74, 6) is -0.483. The number of carbonyl (C=O) groups is 2. The van der Waals surface area contributed by atoms with Gasteiger partial charge in [-0.1, -0.05) is 48.5 Å². The van der Waals surface area contributed by atoms with Crippen molar-refractivity contribution in [1.82, 2.24) is 4.37 Å². The van der Waals surface area contributed by atoms with Crippen LogP contribution in [-0.2, 0) is 17.6 Å². The fraction of sp³-hybridized carbons (Fsp3) is 0.105. The quantitative estimate of drug-likeness (QED) is 0.713. The molecule has 4 N–H and O–H groups in total. The summed E-state index contributed by atoms with van der Waals surface area (Å²) in [5.41, 5.74) is 14.5. The van der Waals surface area contributed by atoms with Gasteiger partial charge in [-0.25, -0.2) is 0 Å². The number of nitrogen functional groups attached to an aromatic ring is 1. The Hall–Kier alpha value is -2.99.